The predicted molar refractivity (Wildman–Crippen MR) is 58.6 cm³/mol. The number of nitrogens with zero attached hydrogens (tertiary/aromatic N) is 4. The minimum atomic E-state index is -1.87. The molecule has 10 heteroatoms. The number of halogens is 1. The molecule has 0 unspecified atom stereocenters. The number of carboxylic acid groups (broad SMARTS) is 1. The van der Waals surface area contributed by atoms with Gasteiger partial charge in [-0.25, -0.2) is 0 Å². The normalized spacial score (nSPS) is 13.2. The molecule has 0 amide bonds. The molecule has 2 atom stereocenters. The van der Waals surface area contributed by atoms with Crippen molar-refractivity contribution in [3.05, 3.63) is 50.1 Å². The number of aliphatic hydroxyl groups is 1. The number of nitro benzene ring substituents is 1. The molecule has 0 aliphatic rings. The molecular formula is C9H7FN4O5. The highest BCUT2D eigenvalue weighted by Gasteiger charge is 2.28. The number of nitro groups is 1. The second kappa shape index (κ2) is 5.76. The van der Waals surface area contributed by atoms with Crippen LogP contribution in [0.15, 0.2) is 23.3 Å². The average molecular weight is 270 g/mol. The molecule has 0 aliphatic carbocycles. The molecule has 0 spiro atoms. The molecule has 2 N–H and O–H groups in total. The highest BCUT2D eigenvalue weighted by Crippen LogP contribution is 2.25. The molecule has 0 aromatic heterocycles. The van der Waals surface area contributed by atoms with E-state index in [1.807, 2.05) is 0 Å². The molecule has 0 saturated heterocycles. The molecule has 19 heavy (non-hydrogen) atoms. The van der Waals surface area contributed by atoms with E-state index < -0.39 is 34.5 Å². The van der Waals surface area contributed by atoms with Crippen molar-refractivity contribution in [1.82, 2.24) is 0 Å². The minimum Gasteiger partial charge on any atom is -0.481 e. The minimum absolute atomic E-state index is 0.243. The van der Waals surface area contributed by atoms with E-state index in [4.69, 9.17) is 10.6 Å². The Morgan fingerprint density at radius 1 is 1.58 bits per heavy atom. The van der Waals surface area contributed by atoms with Crippen molar-refractivity contribution < 1.29 is 24.3 Å². The van der Waals surface area contributed by atoms with E-state index >= 15 is 0 Å². The van der Waals surface area contributed by atoms with Crippen LogP contribution in [0.1, 0.15) is 11.7 Å². The molecule has 0 fully saturated rings. The van der Waals surface area contributed by atoms with Crippen molar-refractivity contribution in [2.75, 3.05) is 0 Å². The lowest BCUT2D eigenvalue weighted by molar-refractivity contribution is -0.387. The maximum Gasteiger partial charge on any atom is 0.315 e. The first-order chi connectivity index (χ1) is 8.88. The fourth-order valence-electron chi connectivity index (χ4n) is 1.34. The molecule has 0 radical (unpaired) electrons. The Balaban J connectivity index is 3.22. The molecule has 1 aromatic carbocycles. The van der Waals surface area contributed by atoms with E-state index in [1.54, 1.807) is 0 Å². The van der Waals surface area contributed by atoms with Crippen LogP contribution in [0.25, 0.3) is 10.4 Å². The maximum atomic E-state index is 13.1. The van der Waals surface area contributed by atoms with Gasteiger partial charge >= 0.3 is 11.7 Å². The Bertz CT molecular complexity index is 570. The van der Waals surface area contributed by atoms with E-state index in [0.29, 0.717) is 12.1 Å². The lowest BCUT2D eigenvalue weighted by Crippen LogP contribution is -2.25. The maximum absolute atomic E-state index is 13.1. The summed E-state index contributed by atoms with van der Waals surface area (Å²) in [5.74, 6) is -2.74. The predicted octanol–water partition coefficient (Wildman–Crippen LogP) is 1.53. The van der Waals surface area contributed by atoms with Gasteiger partial charge in [0.15, 0.2) is 6.04 Å². The molecule has 1 rings (SSSR count). The number of aliphatic hydroxyl groups excluding tert-OH is 1. The highest BCUT2D eigenvalue weighted by atomic mass is 19.1. The summed E-state index contributed by atoms with van der Waals surface area (Å²) in [5, 5.41) is 31.8. The zero-order valence-corrected chi connectivity index (χ0v) is 9.17. The monoisotopic (exact) mass is 270 g/mol. The summed E-state index contributed by atoms with van der Waals surface area (Å²) < 4.78 is 13.1. The number of aliphatic carboxylic acids is 1. The fourth-order valence-corrected chi connectivity index (χ4v) is 1.34. The van der Waals surface area contributed by atoms with Crippen molar-refractivity contribution in [3.63, 3.8) is 0 Å². The third-order valence-corrected chi connectivity index (χ3v) is 2.24. The third-order valence-electron chi connectivity index (χ3n) is 2.24. The van der Waals surface area contributed by atoms with Crippen LogP contribution in [-0.4, -0.2) is 27.1 Å². The van der Waals surface area contributed by atoms with Gasteiger partial charge in [0.2, 0.25) is 5.82 Å². The number of hydrogen-bond acceptors (Lipinski definition) is 5. The van der Waals surface area contributed by atoms with Crippen LogP contribution in [0, 0.1) is 15.9 Å². The third kappa shape index (κ3) is 3.15. The van der Waals surface area contributed by atoms with E-state index in [9.17, 15) is 24.4 Å². The molecule has 9 nitrogen and oxygen atoms in total. The van der Waals surface area contributed by atoms with Gasteiger partial charge in [0.1, 0.15) is 0 Å². The van der Waals surface area contributed by atoms with Crippen molar-refractivity contribution >= 4 is 11.7 Å². The van der Waals surface area contributed by atoms with Gasteiger partial charge < -0.3 is 10.2 Å². The smallest absolute Gasteiger partial charge is 0.315 e. The van der Waals surface area contributed by atoms with Gasteiger partial charge in [-0.15, -0.1) is 0 Å². The van der Waals surface area contributed by atoms with Crippen LogP contribution in [0.4, 0.5) is 10.1 Å². The highest BCUT2D eigenvalue weighted by molar-refractivity contribution is 5.74. The molecule has 0 saturated carbocycles. The Labute approximate surface area is 104 Å². The molecule has 100 valence electrons. The average Bonchev–Trinajstić information content (AvgIpc) is 2.35. The van der Waals surface area contributed by atoms with Gasteiger partial charge in [-0.2, -0.15) is 4.39 Å². The standard InChI is InChI=1S/C9H7FN4O5/c10-5-2-1-4(3-6(5)14(18)19)8(15)7(9(16)17)12-13-11/h1-3,7-8,15H,(H,16,17)/t7-,8-/m1/s1. The molecule has 0 bridgehead atoms. The Hall–Kier alpha value is -2.71. The van der Waals surface area contributed by atoms with Crippen molar-refractivity contribution in [3.8, 4) is 0 Å². The van der Waals surface area contributed by atoms with Crippen LogP contribution in [-0.2, 0) is 4.79 Å². The SMILES string of the molecule is [N-]=[N+]=N[C@@H](C(=O)O)[C@H](O)c1ccc(F)c([N+](=O)[O-])c1. The van der Waals surface area contributed by atoms with E-state index in [1.165, 1.54) is 0 Å². The fraction of sp³-hybridized carbons (Fsp3) is 0.222. The lowest BCUT2D eigenvalue weighted by atomic mass is 10.0. The number of carbonyl (C=O) groups is 1. The summed E-state index contributed by atoms with van der Waals surface area (Å²) in [6.07, 6.45) is -1.83. The first kappa shape index (κ1) is 14.4. The number of benzene rings is 1. The Kier molecular flexibility index (Phi) is 4.35. The van der Waals surface area contributed by atoms with E-state index in [2.05, 4.69) is 10.0 Å². The zero-order valence-electron chi connectivity index (χ0n) is 9.17. The first-order valence-electron chi connectivity index (χ1n) is 4.77. The summed E-state index contributed by atoms with van der Waals surface area (Å²) in [7, 11) is 0. The van der Waals surface area contributed by atoms with E-state index in [-0.39, 0.29) is 5.56 Å². The van der Waals surface area contributed by atoms with Gasteiger partial charge in [-0.1, -0.05) is 11.2 Å². The number of azide groups is 1. The quantitative estimate of drug-likeness (QED) is 0.273. The van der Waals surface area contributed by atoms with Crippen LogP contribution in [0.5, 0.6) is 0 Å². The lowest BCUT2D eigenvalue weighted by Gasteiger charge is -2.14. The van der Waals surface area contributed by atoms with E-state index in [0.717, 1.165) is 6.07 Å². The Morgan fingerprint density at radius 2 is 2.21 bits per heavy atom. The van der Waals surface area contributed by atoms with Gasteiger partial charge in [-0.3, -0.25) is 14.9 Å². The largest absolute Gasteiger partial charge is 0.481 e. The van der Waals surface area contributed by atoms with Crippen LogP contribution in [0.3, 0.4) is 0 Å². The van der Waals surface area contributed by atoms with Crippen LogP contribution in [0.2, 0.25) is 0 Å². The first-order valence-corrected chi connectivity index (χ1v) is 4.77. The summed E-state index contributed by atoms with van der Waals surface area (Å²) >= 11 is 0. The van der Waals surface area contributed by atoms with Crippen molar-refractivity contribution in [1.29, 1.82) is 0 Å². The summed E-state index contributed by atoms with van der Waals surface area (Å²) in [6, 6.07) is 0.500. The molecule has 0 heterocycles. The van der Waals surface area contributed by atoms with Gasteiger partial charge in [0, 0.05) is 11.0 Å². The van der Waals surface area contributed by atoms with Crippen LogP contribution >= 0.6 is 0 Å². The summed E-state index contributed by atoms with van der Waals surface area (Å²) in [5.41, 5.74) is 7.03. The van der Waals surface area contributed by atoms with Gasteiger partial charge in [0.25, 0.3) is 0 Å². The van der Waals surface area contributed by atoms with Crippen LogP contribution < -0.4 is 0 Å². The number of rotatable bonds is 5. The molecule has 0 aliphatic heterocycles. The zero-order chi connectivity index (χ0) is 14.6. The van der Waals surface area contributed by atoms with Crippen molar-refractivity contribution in [2.24, 2.45) is 5.11 Å². The summed E-state index contributed by atoms with van der Waals surface area (Å²) in [4.78, 5) is 22.5. The second-order valence-corrected chi connectivity index (χ2v) is 3.40. The Morgan fingerprint density at radius 3 is 2.68 bits per heavy atom. The number of carboxylic acids is 1. The van der Waals surface area contributed by atoms with Crippen molar-refractivity contribution in [2.45, 2.75) is 12.1 Å². The molecular weight excluding hydrogens is 263 g/mol. The summed E-state index contributed by atoms with van der Waals surface area (Å²) in [6.45, 7) is 0. The number of hydrogen-bond donors (Lipinski definition) is 2. The van der Waals surface area contributed by atoms with Gasteiger partial charge in [-0.05, 0) is 17.2 Å². The van der Waals surface area contributed by atoms with Gasteiger partial charge in [0.05, 0.1) is 11.0 Å². The second-order valence-electron chi connectivity index (χ2n) is 3.40. The molecule has 1 aromatic rings. The topological polar surface area (TPSA) is 149 Å².